The highest BCUT2D eigenvalue weighted by molar-refractivity contribution is 5.79. The number of amides is 1. The van der Waals surface area contributed by atoms with Gasteiger partial charge in [-0.1, -0.05) is 25.3 Å². The van der Waals surface area contributed by atoms with Crippen LogP contribution < -0.4 is 20.5 Å². The summed E-state index contributed by atoms with van der Waals surface area (Å²) in [6.45, 7) is 1.84. The highest BCUT2D eigenvalue weighted by atomic mass is 16.5. The van der Waals surface area contributed by atoms with Crippen molar-refractivity contribution in [1.82, 2.24) is 19.4 Å². The van der Waals surface area contributed by atoms with E-state index in [-0.39, 0.29) is 30.2 Å². The van der Waals surface area contributed by atoms with Crippen molar-refractivity contribution in [2.24, 2.45) is 0 Å². The zero-order valence-corrected chi connectivity index (χ0v) is 18.8. The van der Waals surface area contributed by atoms with E-state index in [9.17, 15) is 9.59 Å². The first-order valence-electron chi connectivity index (χ1n) is 11.1. The highest BCUT2D eigenvalue weighted by Crippen LogP contribution is 2.30. The van der Waals surface area contributed by atoms with Crippen LogP contribution in [-0.2, 0) is 11.3 Å². The third-order valence-corrected chi connectivity index (χ3v) is 6.25. The van der Waals surface area contributed by atoms with E-state index >= 15 is 0 Å². The molecule has 1 atom stereocenters. The second kappa shape index (κ2) is 9.46. The maximum absolute atomic E-state index is 13.3. The van der Waals surface area contributed by atoms with Gasteiger partial charge in [-0.15, -0.1) is 0 Å². The molecule has 0 aliphatic heterocycles. The molecule has 0 bridgehead atoms. The number of hydrogen-bond donors (Lipinski definition) is 1. The molecule has 2 aromatic heterocycles. The lowest BCUT2D eigenvalue weighted by atomic mass is 9.95. The van der Waals surface area contributed by atoms with Gasteiger partial charge in [0, 0.05) is 12.2 Å². The number of imidazole rings is 1. The SMILES string of the molecule is COc1ccc(C(C)NC(=O)Cn2c(=O)n(C3CCCCC3)c3ncccc32)cc1OC. The lowest BCUT2D eigenvalue weighted by molar-refractivity contribution is -0.122. The zero-order chi connectivity index (χ0) is 22.7. The molecule has 1 aliphatic carbocycles. The van der Waals surface area contributed by atoms with Crippen LogP contribution in [0.1, 0.15) is 56.7 Å². The number of aromatic nitrogens is 3. The largest absolute Gasteiger partial charge is 0.493 e. The second-order valence-corrected chi connectivity index (χ2v) is 8.28. The molecule has 4 rings (SSSR count). The average Bonchev–Trinajstić information content (AvgIpc) is 3.10. The Hall–Kier alpha value is -3.29. The smallest absolute Gasteiger partial charge is 0.331 e. The molecule has 1 amide bonds. The van der Waals surface area contributed by atoms with Gasteiger partial charge in [0.1, 0.15) is 6.54 Å². The molecule has 0 radical (unpaired) electrons. The number of nitrogens with one attached hydrogen (secondary N) is 1. The first-order valence-corrected chi connectivity index (χ1v) is 11.1. The van der Waals surface area contributed by atoms with Crippen LogP contribution >= 0.6 is 0 Å². The van der Waals surface area contributed by atoms with Gasteiger partial charge in [-0.05, 0) is 49.6 Å². The summed E-state index contributed by atoms with van der Waals surface area (Å²) in [5, 5.41) is 2.99. The Morgan fingerprint density at radius 1 is 1.16 bits per heavy atom. The molecular formula is C24H30N4O4. The summed E-state index contributed by atoms with van der Waals surface area (Å²) in [5.74, 6) is 0.995. The minimum absolute atomic E-state index is 0.0572. The van der Waals surface area contributed by atoms with E-state index < -0.39 is 0 Å². The second-order valence-electron chi connectivity index (χ2n) is 8.28. The molecule has 8 nitrogen and oxygen atoms in total. The van der Waals surface area contributed by atoms with E-state index in [1.54, 1.807) is 31.0 Å². The van der Waals surface area contributed by atoms with Gasteiger partial charge >= 0.3 is 5.69 Å². The highest BCUT2D eigenvalue weighted by Gasteiger charge is 2.24. The summed E-state index contributed by atoms with van der Waals surface area (Å²) >= 11 is 0. The van der Waals surface area contributed by atoms with Gasteiger partial charge in [0.05, 0.1) is 25.8 Å². The average molecular weight is 439 g/mol. The number of pyridine rings is 1. The fourth-order valence-corrected chi connectivity index (χ4v) is 4.57. The Kier molecular flexibility index (Phi) is 6.48. The number of carbonyl (C=O) groups excluding carboxylic acids is 1. The quantitative estimate of drug-likeness (QED) is 0.609. The molecule has 3 aromatic rings. The van der Waals surface area contributed by atoms with Crippen molar-refractivity contribution in [3.05, 3.63) is 52.6 Å². The van der Waals surface area contributed by atoms with Gasteiger partial charge in [-0.3, -0.25) is 13.9 Å². The first kappa shape index (κ1) is 21.9. The van der Waals surface area contributed by atoms with Crippen molar-refractivity contribution in [1.29, 1.82) is 0 Å². The Morgan fingerprint density at radius 3 is 2.62 bits per heavy atom. The van der Waals surface area contributed by atoms with E-state index in [4.69, 9.17) is 9.47 Å². The lowest BCUT2D eigenvalue weighted by Gasteiger charge is -2.22. The fraction of sp³-hybridized carbons (Fsp3) is 0.458. The predicted octanol–water partition coefficient (Wildman–Crippen LogP) is 3.60. The molecule has 170 valence electrons. The maximum atomic E-state index is 13.3. The molecular weight excluding hydrogens is 408 g/mol. The van der Waals surface area contributed by atoms with Crippen LogP contribution in [0, 0.1) is 0 Å². The molecule has 1 unspecified atom stereocenters. The van der Waals surface area contributed by atoms with Crippen molar-refractivity contribution in [2.75, 3.05) is 14.2 Å². The minimum Gasteiger partial charge on any atom is -0.493 e. The number of carbonyl (C=O) groups is 1. The monoisotopic (exact) mass is 438 g/mol. The van der Waals surface area contributed by atoms with Crippen molar-refractivity contribution < 1.29 is 14.3 Å². The number of methoxy groups -OCH3 is 2. The van der Waals surface area contributed by atoms with Crippen LogP contribution in [0.2, 0.25) is 0 Å². The number of hydrogen-bond acceptors (Lipinski definition) is 5. The van der Waals surface area contributed by atoms with Crippen molar-refractivity contribution in [2.45, 2.75) is 57.7 Å². The van der Waals surface area contributed by atoms with Crippen LogP contribution in [0.5, 0.6) is 11.5 Å². The van der Waals surface area contributed by atoms with Gasteiger partial charge in [0.15, 0.2) is 17.1 Å². The molecule has 0 saturated heterocycles. The first-order chi connectivity index (χ1) is 15.5. The molecule has 1 N–H and O–H groups in total. The minimum atomic E-state index is -0.261. The van der Waals surface area contributed by atoms with Gasteiger partial charge in [0.2, 0.25) is 5.91 Å². The van der Waals surface area contributed by atoms with Crippen LogP contribution in [0.25, 0.3) is 11.2 Å². The number of ether oxygens (including phenoxy) is 2. The molecule has 32 heavy (non-hydrogen) atoms. The van der Waals surface area contributed by atoms with Crippen LogP contribution in [0.15, 0.2) is 41.3 Å². The normalized spacial score (nSPS) is 15.5. The number of rotatable bonds is 7. The van der Waals surface area contributed by atoms with E-state index in [2.05, 4.69) is 10.3 Å². The molecule has 1 fully saturated rings. The summed E-state index contributed by atoms with van der Waals surface area (Å²) in [7, 11) is 3.16. The molecule has 1 aliphatic rings. The number of nitrogens with zero attached hydrogens (tertiary/aromatic N) is 3. The molecule has 2 heterocycles. The summed E-state index contributed by atoms with van der Waals surface area (Å²) in [5.41, 5.74) is 2.07. The number of fused-ring (bicyclic) bond motifs is 1. The Labute approximate surface area is 187 Å². The van der Waals surface area contributed by atoms with E-state index in [1.807, 2.05) is 31.2 Å². The summed E-state index contributed by atoms with van der Waals surface area (Å²) in [6.07, 6.45) is 7.06. The molecule has 8 heteroatoms. The maximum Gasteiger partial charge on any atom is 0.331 e. The van der Waals surface area contributed by atoms with Crippen LogP contribution in [0.3, 0.4) is 0 Å². The van der Waals surface area contributed by atoms with E-state index in [1.165, 1.54) is 11.0 Å². The third-order valence-electron chi connectivity index (χ3n) is 6.25. The van der Waals surface area contributed by atoms with Crippen LogP contribution in [0.4, 0.5) is 0 Å². The molecule has 1 aromatic carbocycles. The summed E-state index contributed by atoms with van der Waals surface area (Å²) in [4.78, 5) is 30.7. The van der Waals surface area contributed by atoms with Crippen molar-refractivity contribution in [3.8, 4) is 11.5 Å². The van der Waals surface area contributed by atoms with Crippen molar-refractivity contribution >= 4 is 17.1 Å². The number of benzene rings is 1. The van der Waals surface area contributed by atoms with E-state index in [0.717, 1.165) is 31.2 Å². The van der Waals surface area contributed by atoms with Gasteiger partial charge < -0.3 is 14.8 Å². The molecule has 1 saturated carbocycles. The van der Waals surface area contributed by atoms with Gasteiger partial charge in [-0.25, -0.2) is 9.78 Å². The Balaban J connectivity index is 1.56. The van der Waals surface area contributed by atoms with Crippen molar-refractivity contribution in [3.63, 3.8) is 0 Å². The summed E-state index contributed by atoms with van der Waals surface area (Å²) in [6, 6.07) is 9.07. The van der Waals surface area contributed by atoms with E-state index in [0.29, 0.717) is 22.7 Å². The lowest BCUT2D eigenvalue weighted by Crippen LogP contribution is -2.35. The topological polar surface area (TPSA) is 87.4 Å². The zero-order valence-electron chi connectivity index (χ0n) is 18.8. The summed E-state index contributed by atoms with van der Waals surface area (Å²) < 4.78 is 14.0. The fourth-order valence-electron chi connectivity index (χ4n) is 4.57. The van der Waals surface area contributed by atoms with Gasteiger partial charge in [-0.2, -0.15) is 0 Å². The standard InChI is InChI=1S/C24H30N4O4/c1-16(17-11-12-20(31-2)21(14-17)32-3)26-22(29)15-27-19-10-7-13-25-23(19)28(24(27)30)18-8-5-4-6-9-18/h7,10-14,16,18H,4-6,8-9,15H2,1-3H3,(H,26,29). The third kappa shape index (κ3) is 4.22. The Bertz CT molecular complexity index is 1160. The van der Waals surface area contributed by atoms with Crippen LogP contribution in [-0.4, -0.2) is 34.2 Å². The Morgan fingerprint density at radius 2 is 1.91 bits per heavy atom. The molecule has 0 spiro atoms. The van der Waals surface area contributed by atoms with Gasteiger partial charge in [0.25, 0.3) is 0 Å². The predicted molar refractivity (Wildman–Crippen MR) is 122 cm³/mol.